The number of amides is 1. The lowest BCUT2D eigenvalue weighted by Gasteiger charge is -2.34. The number of hydrogen-bond acceptors (Lipinski definition) is 7. The van der Waals surface area contributed by atoms with E-state index in [4.69, 9.17) is 13.6 Å². The predicted octanol–water partition coefficient (Wildman–Crippen LogP) is 3.41. The molecule has 3 heterocycles. The van der Waals surface area contributed by atoms with Crippen molar-refractivity contribution in [3.8, 4) is 11.7 Å². The number of carbonyl (C=O) groups is 1. The first-order valence-corrected chi connectivity index (χ1v) is 9.33. The summed E-state index contributed by atoms with van der Waals surface area (Å²) in [5.74, 6) is 1.93. The summed E-state index contributed by atoms with van der Waals surface area (Å²) in [5, 5.41) is 8.16. The molecule has 8 nitrogen and oxygen atoms in total. The average Bonchev–Trinajstić information content (AvgIpc) is 3.24. The van der Waals surface area contributed by atoms with E-state index in [1.165, 1.54) is 0 Å². The van der Waals surface area contributed by atoms with Gasteiger partial charge in [0, 0.05) is 20.1 Å². The van der Waals surface area contributed by atoms with Crippen LogP contribution in [0.15, 0.2) is 27.2 Å². The van der Waals surface area contributed by atoms with E-state index in [9.17, 15) is 4.79 Å². The molecule has 0 unspecified atom stereocenters. The van der Waals surface area contributed by atoms with Crippen molar-refractivity contribution >= 4 is 6.09 Å². The van der Waals surface area contributed by atoms with Crippen LogP contribution in [0.25, 0.3) is 11.7 Å². The highest BCUT2D eigenvalue weighted by Gasteiger charge is 2.26. The quantitative estimate of drug-likeness (QED) is 0.790. The van der Waals surface area contributed by atoms with E-state index in [-0.39, 0.29) is 6.09 Å². The van der Waals surface area contributed by atoms with Crippen LogP contribution >= 0.6 is 0 Å². The zero-order chi connectivity index (χ0) is 19.4. The van der Waals surface area contributed by atoms with E-state index in [0.29, 0.717) is 36.5 Å². The van der Waals surface area contributed by atoms with Gasteiger partial charge >= 0.3 is 6.09 Å². The summed E-state index contributed by atoms with van der Waals surface area (Å²) in [4.78, 5) is 16.1. The Balaban J connectivity index is 1.51. The molecule has 0 radical (unpaired) electrons. The number of aromatic nitrogens is 2. The zero-order valence-corrected chi connectivity index (χ0v) is 16.5. The fourth-order valence-electron chi connectivity index (χ4n) is 3.25. The van der Waals surface area contributed by atoms with E-state index in [1.54, 1.807) is 30.3 Å². The number of likely N-dealkylation sites (tertiary alicyclic amines) is 1. The molecule has 1 amide bonds. The molecule has 148 valence electrons. The molecule has 0 aromatic carbocycles. The smallest absolute Gasteiger partial charge is 0.410 e. The molecule has 1 aliphatic rings. The van der Waals surface area contributed by atoms with Crippen molar-refractivity contribution in [2.75, 3.05) is 26.7 Å². The molecule has 1 fully saturated rings. The normalized spacial score (nSPS) is 18.4. The van der Waals surface area contributed by atoms with Gasteiger partial charge in [0.1, 0.15) is 5.60 Å². The van der Waals surface area contributed by atoms with E-state index in [2.05, 4.69) is 15.1 Å². The van der Waals surface area contributed by atoms with Gasteiger partial charge in [-0.1, -0.05) is 0 Å². The molecule has 0 aliphatic carbocycles. The van der Waals surface area contributed by atoms with E-state index in [1.807, 2.05) is 20.8 Å². The highest BCUT2D eigenvalue weighted by atomic mass is 16.6. The highest BCUT2D eigenvalue weighted by Crippen LogP contribution is 2.22. The maximum atomic E-state index is 12.2. The molecule has 1 aliphatic heterocycles. The molecule has 2 aromatic rings. The fourth-order valence-corrected chi connectivity index (χ4v) is 3.25. The number of nitrogens with zero attached hydrogens (tertiary/aromatic N) is 4. The lowest BCUT2D eigenvalue weighted by molar-refractivity contribution is 0.0239. The molecular formula is C19H28N4O4. The van der Waals surface area contributed by atoms with Crippen molar-refractivity contribution in [2.45, 2.75) is 45.8 Å². The third kappa shape index (κ3) is 5.56. The molecule has 1 saturated heterocycles. The standard InChI is InChI=1S/C19H28N4O4/c1-19(2,3)27-18(24)22(4)11-14-7-5-9-23(12-14)13-16-20-21-17(26-16)15-8-6-10-25-15/h6,8,10,14H,5,7,9,11-13H2,1-4H3/t14-/m0/s1. The topological polar surface area (TPSA) is 84.8 Å². The molecule has 3 rings (SSSR count). The summed E-state index contributed by atoms with van der Waals surface area (Å²) < 4.78 is 16.4. The summed E-state index contributed by atoms with van der Waals surface area (Å²) in [6.07, 6.45) is 3.46. The van der Waals surface area contributed by atoms with Crippen molar-refractivity contribution < 1.29 is 18.4 Å². The van der Waals surface area contributed by atoms with E-state index in [0.717, 1.165) is 25.9 Å². The average molecular weight is 376 g/mol. The van der Waals surface area contributed by atoms with Gasteiger partial charge < -0.3 is 18.5 Å². The summed E-state index contributed by atoms with van der Waals surface area (Å²) in [7, 11) is 1.79. The largest absolute Gasteiger partial charge is 0.459 e. The third-order valence-corrected chi connectivity index (χ3v) is 4.40. The Kier molecular flexibility index (Phi) is 5.84. The monoisotopic (exact) mass is 376 g/mol. The van der Waals surface area contributed by atoms with Crippen LogP contribution in [-0.4, -0.2) is 58.4 Å². The lowest BCUT2D eigenvalue weighted by Crippen LogP contribution is -2.42. The SMILES string of the molecule is CN(C[C@@H]1CCCN(Cc2nnc(-c3ccco3)o2)C1)C(=O)OC(C)(C)C. The predicted molar refractivity (Wildman–Crippen MR) is 98.9 cm³/mol. The van der Waals surface area contributed by atoms with Gasteiger partial charge in [-0.2, -0.15) is 0 Å². The van der Waals surface area contributed by atoms with Crippen LogP contribution in [0.4, 0.5) is 4.79 Å². The molecule has 2 aromatic heterocycles. The van der Waals surface area contributed by atoms with Gasteiger partial charge in [0.2, 0.25) is 5.89 Å². The fraction of sp³-hybridized carbons (Fsp3) is 0.632. The van der Waals surface area contributed by atoms with Crippen LogP contribution < -0.4 is 0 Å². The van der Waals surface area contributed by atoms with Crippen molar-refractivity contribution in [2.24, 2.45) is 5.92 Å². The molecule has 0 bridgehead atoms. The van der Waals surface area contributed by atoms with Gasteiger partial charge in [0.05, 0.1) is 12.8 Å². The number of furan rings is 1. The van der Waals surface area contributed by atoms with Gasteiger partial charge in [0.15, 0.2) is 5.76 Å². The first-order chi connectivity index (χ1) is 12.8. The van der Waals surface area contributed by atoms with Gasteiger partial charge in [-0.25, -0.2) is 4.79 Å². The summed E-state index contributed by atoms with van der Waals surface area (Å²) >= 11 is 0. The zero-order valence-electron chi connectivity index (χ0n) is 16.5. The van der Waals surface area contributed by atoms with Crippen molar-refractivity contribution in [3.63, 3.8) is 0 Å². The Hall–Kier alpha value is -2.35. The second-order valence-corrected chi connectivity index (χ2v) is 8.08. The molecule has 0 N–H and O–H groups in total. The second kappa shape index (κ2) is 8.12. The Bertz CT molecular complexity index is 735. The lowest BCUT2D eigenvalue weighted by atomic mass is 9.97. The van der Waals surface area contributed by atoms with E-state index < -0.39 is 5.60 Å². The maximum Gasteiger partial charge on any atom is 0.410 e. The number of ether oxygens (including phenoxy) is 1. The minimum absolute atomic E-state index is 0.278. The van der Waals surface area contributed by atoms with Crippen molar-refractivity contribution in [3.05, 3.63) is 24.3 Å². The number of carbonyl (C=O) groups excluding carboxylic acids is 1. The van der Waals surface area contributed by atoms with Gasteiger partial charge in [-0.15, -0.1) is 10.2 Å². The minimum atomic E-state index is -0.479. The van der Waals surface area contributed by atoms with Crippen molar-refractivity contribution in [1.29, 1.82) is 0 Å². The minimum Gasteiger partial charge on any atom is -0.459 e. The molecule has 8 heteroatoms. The van der Waals surface area contributed by atoms with Gasteiger partial charge in [-0.3, -0.25) is 4.90 Å². The molecule has 0 spiro atoms. The first kappa shape index (κ1) is 19.4. The first-order valence-electron chi connectivity index (χ1n) is 9.33. The molecule has 0 saturated carbocycles. The van der Waals surface area contributed by atoms with Gasteiger partial charge in [0.25, 0.3) is 5.89 Å². The number of piperidine rings is 1. The van der Waals surface area contributed by atoms with Crippen molar-refractivity contribution in [1.82, 2.24) is 20.0 Å². The van der Waals surface area contributed by atoms with Crippen LogP contribution in [-0.2, 0) is 11.3 Å². The van der Waals surface area contributed by atoms with Crippen LogP contribution in [0.5, 0.6) is 0 Å². The Labute approximate surface area is 159 Å². The molecule has 1 atom stereocenters. The summed E-state index contributed by atoms with van der Waals surface area (Å²) in [6, 6.07) is 3.58. The second-order valence-electron chi connectivity index (χ2n) is 8.08. The van der Waals surface area contributed by atoms with E-state index >= 15 is 0 Å². The molecular weight excluding hydrogens is 348 g/mol. The van der Waals surface area contributed by atoms with Crippen LogP contribution in [0.1, 0.15) is 39.5 Å². The highest BCUT2D eigenvalue weighted by molar-refractivity contribution is 5.67. The van der Waals surface area contributed by atoms with Crippen LogP contribution in [0.2, 0.25) is 0 Å². The Morgan fingerprint density at radius 3 is 2.93 bits per heavy atom. The third-order valence-electron chi connectivity index (χ3n) is 4.40. The number of hydrogen-bond donors (Lipinski definition) is 0. The molecule has 27 heavy (non-hydrogen) atoms. The van der Waals surface area contributed by atoms with Gasteiger partial charge in [-0.05, 0) is 58.2 Å². The van der Waals surface area contributed by atoms with Crippen LogP contribution in [0.3, 0.4) is 0 Å². The van der Waals surface area contributed by atoms with Crippen LogP contribution in [0, 0.1) is 5.92 Å². The summed E-state index contributed by atoms with van der Waals surface area (Å²) in [6.45, 7) is 8.76. The maximum absolute atomic E-state index is 12.2. The Morgan fingerprint density at radius 2 is 2.22 bits per heavy atom. The number of rotatable bonds is 5. The summed E-state index contributed by atoms with van der Waals surface area (Å²) in [5.41, 5.74) is -0.479. The Morgan fingerprint density at radius 1 is 1.41 bits per heavy atom.